The molecule has 0 unspecified atom stereocenters. The van der Waals surface area contributed by atoms with E-state index >= 15 is 0 Å². The normalized spacial score (nSPS) is 11.0. The second kappa shape index (κ2) is 5.78. The summed E-state index contributed by atoms with van der Waals surface area (Å²) in [4.78, 5) is 0. The molecule has 0 atom stereocenters. The van der Waals surface area contributed by atoms with Crippen molar-refractivity contribution >= 4 is 22.5 Å². The van der Waals surface area contributed by atoms with E-state index in [2.05, 4.69) is 0 Å². The molecular formula is C17H15ClFNO. The average molecular weight is 304 g/mol. The van der Waals surface area contributed by atoms with E-state index < -0.39 is 0 Å². The fourth-order valence-corrected chi connectivity index (χ4v) is 2.65. The highest BCUT2D eigenvalue weighted by atomic mass is 35.5. The molecule has 0 fully saturated rings. The van der Waals surface area contributed by atoms with Gasteiger partial charge in [0.25, 0.3) is 0 Å². The zero-order valence-corrected chi connectivity index (χ0v) is 12.4. The van der Waals surface area contributed by atoms with Crippen molar-refractivity contribution in [3.63, 3.8) is 0 Å². The van der Waals surface area contributed by atoms with E-state index in [-0.39, 0.29) is 10.8 Å². The van der Waals surface area contributed by atoms with Crippen LogP contribution in [0.15, 0.2) is 48.7 Å². The highest BCUT2D eigenvalue weighted by Gasteiger charge is 2.10. The van der Waals surface area contributed by atoms with Gasteiger partial charge in [-0.05, 0) is 36.8 Å². The van der Waals surface area contributed by atoms with Crippen LogP contribution in [0.3, 0.4) is 0 Å². The molecule has 0 aliphatic rings. The van der Waals surface area contributed by atoms with Crippen molar-refractivity contribution < 1.29 is 9.13 Å². The fraction of sp³-hybridized carbons (Fsp3) is 0.176. The van der Waals surface area contributed by atoms with Crippen LogP contribution in [-0.2, 0) is 6.54 Å². The molecule has 3 rings (SSSR count). The SMILES string of the molecule is CCOc1cccc2c1ccn2Cc1cccc(F)c1Cl. The molecule has 0 bridgehead atoms. The molecule has 0 saturated heterocycles. The van der Waals surface area contributed by atoms with E-state index in [0.29, 0.717) is 13.2 Å². The summed E-state index contributed by atoms with van der Waals surface area (Å²) in [5.74, 6) is 0.472. The molecule has 0 aliphatic heterocycles. The summed E-state index contributed by atoms with van der Waals surface area (Å²) in [6, 6.07) is 12.8. The summed E-state index contributed by atoms with van der Waals surface area (Å²) < 4.78 is 21.2. The highest BCUT2D eigenvalue weighted by molar-refractivity contribution is 6.31. The van der Waals surface area contributed by atoms with Crippen LogP contribution in [0, 0.1) is 5.82 Å². The molecule has 2 aromatic carbocycles. The van der Waals surface area contributed by atoms with Gasteiger partial charge in [-0.25, -0.2) is 4.39 Å². The average Bonchev–Trinajstić information content (AvgIpc) is 2.89. The zero-order valence-electron chi connectivity index (χ0n) is 11.6. The first kappa shape index (κ1) is 14.0. The number of benzene rings is 2. The van der Waals surface area contributed by atoms with Gasteiger partial charge in [-0.15, -0.1) is 0 Å². The third kappa shape index (κ3) is 2.61. The summed E-state index contributed by atoms with van der Waals surface area (Å²) in [5.41, 5.74) is 1.80. The maximum absolute atomic E-state index is 13.5. The Morgan fingerprint density at radius 3 is 2.76 bits per heavy atom. The van der Waals surface area contributed by atoms with E-state index in [9.17, 15) is 4.39 Å². The third-order valence-corrected chi connectivity index (χ3v) is 3.87. The standard InChI is InChI=1S/C17H15ClFNO/c1-2-21-16-8-4-7-15-13(16)9-10-20(15)11-12-5-3-6-14(19)17(12)18/h3-10H,2,11H2,1H3. The van der Waals surface area contributed by atoms with Gasteiger partial charge in [0.15, 0.2) is 0 Å². The molecule has 1 heterocycles. The highest BCUT2D eigenvalue weighted by Crippen LogP contribution is 2.28. The lowest BCUT2D eigenvalue weighted by Gasteiger charge is -2.09. The quantitative estimate of drug-likeness (QED) is 0.670. The second-order valence-electron chi connectivity index (χ2n) is 4.78. The van der Waals surface area contributed by atoms with Gasteiger partial charge >= 0.3 is 0 Å². The van der Waals surface area contributed by atoms with Crippen molar-refractivity contribution in [1.82, 2.24) is 4.57 Å². The summed E-state index contributed by atoms with van der Waals surface area (Å²) >= 11 is 6.03. The van der Waals surface area contributed by atoms with Crippen LogP contribution >= 0.6 is 11.6 Å². The van der Waals surface area contributed by atoms with Crippen molar-refractivity contribution in [3.8, 4) is 5.75 Å². The summed E-state index contributed by atoms with van der Waals surface area (Å²) in [6.45, 7) is 3.11. The van der Waals surface area contributed by atoms with Crippen LogP contribution < -0.4 is 4.74 Å². The summed E-state index contributed by atoms with van der Waals surface area (Å²) in [6.07, 6.45) is 1.97. The Morgan fingerprint density at radius 2 is 1.95 bits per heavy atom. The molecule has 0 spiro atoms. The Balaban J connectivity index is 2.02. The number of hydrogen-bond acceptors (Lipinski definition) is 1. The van der Waals surface area contributed by atoms with Gasteiger partial charge in [0.1, 0.15) is 11.6 Å². The molecular weight excluding hydrogens is 289 g/mol. The van der Waals surface area contributed by atoms with E-state index in [4.69, 9.17) is 16.3 Å². The first-order valence-electron chi connectivity index (χ1n) is 6.84. The minimum atomic E-state index is -0.388. The van der Waals surface area contributed by atoms with Crippen LogP contribution in [0.25, 0.3) is 10.9 Å². The van der Waals surface area contributed by atoms with E-state index in [1.54, 1.807) is 6.07 Å². The Hall–Kier alpha value is -2.00. The Morgan fingerprint density at radius 1 is 1.14 bits per heavy atom. The first-order valence-corrected chi connectivity index (χ1v) is 7.22. The van der Waals surface area contributed by atoms with Gasteiger partial charge in [0.05, 0.1) is 17.1 Å². The molecule has 2 nitrogen and oxygen atoms in total. The minimum absolute atomic E-state index is 0.181. The van der Waals surface area contributed by atoms with Gasteiger partial charge in [-0.1, -0.05) is 29.8 Å². The summed E-state index contributed by atoms with van der Waals surface area (Å²) in [7, 11) is 0. The van der Waals surface area contributed by atoms with Crippen molar-refractivity contribution in [1.29, 1.82) is 0 Å². The van der Waals surface area contributed by atoms with Gasteiger partial charge < -0.3 is 9.30 Å². The fourth-order valence-electron chi connectivity index (χ4n) is 2.47. The van der Waals surface area contributed by atoms with Gasteiger partial charge in [0, 0.05) is 18.1 Å². The maximum atomic E-state index is 13.5. The molecule has 108 valence electrons. The Bertz CT molecular complexity index is 782. The topological polar surface area (TPSA) is 14.2 Å². The maximum Gasteiger partial charge on any atom is 0.142 e. The number of nitrogens with zero attached hydrogens (tertiary/aromatic N) is 1. The molecule has 0 amide bonds. The third-order valence-electron chi connectivity index (χ3n) is 3.45. The molecule has 4 heteroatoms. The van der Waals surface area contributed by atoms with Crippen LogP contribution in [0.1, 0.15) is 12.5 Å². The predicted molar refractivity (Wildman–Crippen MR) is 83.6 cm³/mol. The van der Waals surface area contributed by atoms with Crippen molar-refractivity contribution in [2.45, 2.75) is 13.5 Å². The van der Waals surface area contributed by atoms with Crippen LogP contribution in [0.4, 0.5) is 4.39 Å². The molecule has 0 saturated carbocycles. The van der Waals surface area contributed by atoms with Gasteiger partial charge in [-0.2, -0.15) is 0 Å². The number of rotatable bonds is 4. The number of halogens is 2. The lowest BCUT2D eigenvalue weighted by atomic mass is 10.2. The summed E-state index contributed by atoms with van der Waals surface area (Å²) in [5, 5.41) is 1.23. The van der Waals surface area contributed by atoms with Crippen molar-refractivity contribution in [3.05, 3.63) is 65.1 Å². The van der Waals surface area contributed by atoms with Crippen LogP contribution in [0.5, 0.6) is 5.75 Å². The Labute approximate surface area is 127 Å². The molecule has 0 aliphatic carbocycles. The lowest BCUT2D eigenvalue weighted by Crippen LogP contribution is -2.00. The zero-order chi connectivity index (χ0) is 14.8. The minimum Gasteiger partial charge on any atom is -0.493 e. The van der Waals surface area contributed by atoms with E-state index in [0.717, 1.165) is 22.2 Å². The smallest absolute Gasteiger partial charge is 0.142 e. The Kier molecular flexibility index (Phi) is 3.84. The monoisotopic (exact) mass is 303 g/mol. The van der Waals surface area contributed by atoms with E-state index in [1.165, 1.54) is 6.07 Å². The largest absolute Gasteiger partial charge is 0.493 e. The van der Waals surface area contributed by atoms with Crippen LogP contribution in [-0.4, -0.2) is 11.2 Å². The number of fused-ring (bicyclic) bond motifs is 1. The molecule has 1 aromatic heterocycles. The molecule has 0 radical (unpaired) electrons. The van der Waals surface area contributed by atoms with Gasteiger partial charge in [0.2, 0.25) is 0 Å². The van der Waals surface area contributed by atoms with E-state index in [1.807, 2.05) is 48.0 Å². The number of ether oxygens (including phenoxy) is 1. The number of aromatic nitrogens is 1. The second-order valence-corrected chi connectivity index (χ2v) is 5.16. The first-order chi connectivity index (χ1) is 10.2. The van der Waals surface area contributed by atoms with Crippen molar-refractivity contribution in [2.24, 2.45) is 0 Å². The number of hydrogen-bond donors (Lipinski definition) is 0. The lowest BCUT2D eigenvalue weighted by molar-refractivity contribution is 0.344. The molecule has 21 heavy (non-hydrogen) atoms. The molecule has 0 N–H and O–H groups in total. The molecule has 3 aromatic rings. The van der Waals surface area contributed by atoms with Crippen molar-refractivity contribution in [2.75, 3.05) is 6.61 Å². The predicted octanol–water partition coefficient (Wildman–Crippen LogP) is 4.88. The van der Waals surface area contributed by atoms with Crippen LogP contribution in [0.2, 0.25) is 5.02 Å². The van der Waals surface area contributed by atoms with Gasteiger partial charge in [-0.3, -0.25) is 0 Å².